The number of nitrogens with zero attached hydrogens (tertiary/aromatic N) is 1. The van der Waals surface area contributed by atoms with Crippen molar-refractivity contribution in [3.8, 4) is 5.75 Å². The number of hydrogen-bond donors (Lipinski definition) is 1. The predicted molar refractivity (Wildman–Crippen MR) is 105 cm³/mol. The van der Waals surface area contributed by atoms with E-state index in [1.807, 2.05) is 31.2 Å². The molecule has 1 fully saturated rings. The van der Waals surface area contributed by atoms with Crippen LogP contribution in [0.1, 0.15) is 31.4 Å². The first kappa shape index (κ1) is 19.9. The molecule has 2 aromatic rings. The van der Waals surface area contributed by atoms with Crippen molar-refractivity contribution in [2.45, 2.75) is 30.0 Å². The molecule has 1 aliphatic heterocycles. The van der Waals surface area contributed by atoms with Crippen molar-refractivity contribution >= 4 is 27.3 Å². The van der Waals surface area contributed by atoms with Crippen LogP contribution in [0.25, 0.3) is 0 Å². The quantitative estimate of drug-likeness (QED) is 0.797. The van der Waals surface area contributed by atoms with Crippen LogP contribution >= 0.6 is 11.3 Å². The Labute approximate surface area is 164 Å². The van der Waals surface area contributed by atoms with Crippen LogP contribution in [0.4, 0.5) is 0 Å². The zero-order valence-electron chi connectivity index (χ0n) is 15.4. The third kappa shape index (κ3) is 4.34. The summed E-state index contributed by atoms with van der Waals surface area (Å²) in [6.45, 7) is 2.57. The summed E-state index contributed by atoms with van der Waals surface area (Å²) in [5.41, 5.74) is 0.896. The highest BCUT2D eigenvalue weighted by Gasteiger charge is 2.34. The first-order chi connectivity index (χ1) is 12.9. The van der Waals surface area contributed by atoms with E-state index in [4.69, 9.17) is 4.74 Å². The van der Waals surface area contributed by atoms with Crippen molar-refractivity contribution in [1.82, 2.24) is 9.62 Å². The average Bonchev–Trinajstić information content (AvgIpc) is 3.23. The minimum atomic E-state index is -3.52. The maximum Gasteiger partial charge on any atom is 0.252 e. The molecule has 1 aromatic heterocycles. The molecule has 2 heterocycles. The Bertz CT molecular complexity index is 881. The first-order valence-corrected chi connectivity index (χ1v) is 11.2. The Morgan fingerprint density at radius 2 is 2.07 bits per heavy atom. The number of para-hydroxylation sites is 1. The van der Waals surface area contributed by atoms with Crippen LogP contribution in [0.2, 0.25) is 0 Å². The molecule has 6 nitrogen and oxygen atoms in total. The van der Waals surface area contributed by atoms with Gasteiger partial charge in [0.15, 0.2) is 0 Å². The van der Waals surface area contributed by atoms with E-state index >= 15 is 0 Å². The second-order valence-corrected chi connectivity index (χ2v) is 9.72. The Morgan fingerprint density at radius 3 is 2.78 bits per heavy atom. The number of sulfonamides is 1. The molecule has 1 amide bonds. The zero-order chi connectivity index (χ0) is 19.4. The van der Waals surface area contributed by atoms with Gasteiger partial charge >= 0.3 is 0 Å². The molecule has 1 aliphatic rings. The van der Waals surface area contributed by atoms with Gasteiger partial charge in [0, 0.05) is 18.7 Å². The average molecular weight is 409 g/mol. The van der Waals surface area contributed by atoms with E-state index in [1.54, 1.807) is 24.6 Å². The fourth-order valence-corrected chi connectivity index (χ4v) is 6.01. The number of ether oxygens (including phenoxy) is 1. The molecule has 2 atom stereocenters. The summed E-state index contributed by atoms with van der Waals surface area (Å²) in [4.78, 5) is 12.8. The van der Waals surface area contributed by atoms with E-state index in [0.717, 1.165) is 11.3 Å². The second kappa shape index (κ2) is 8.41. The van der Waals surface area contributed by atoms with E-state index in [9.17, 15) is 13.2 Å². The van der Waals surface area contributed by atoms with Crippen LogP contribution in [0.15, 0.2) is 46.0 Å². The van der Waals surface area contributed by atoms with Gasteiger partial charge in [-0.1, -0.05) is 24.3 Å². The summed E-state index contributed by atoms with van der Waals surface area (Å²) in [6.07, 6.45) is 1.35. The number of amides is 1. The van der Waals surface area contributed by atoms with Crippen LogP contribution in [0.3, 0.4) is 0 Å². The molecular formula is C19H24N2O4S2. The largest absolute Gasteiger partial charge is 0.496 e. The third-order valence-corrected chi connectivity index (χ3v) is 8.05. The van der Waals surface area contributed by atoms with Crippen LogP contribution in [0, 0.1) is 5.92 Å². The fraction of sp³-hybridized carbons (Fsp3) is 0.421. The molecule has 3 rings (SSSR count). The standard InChI is InChI=1S/C19H24N2O4S2/c1-14(16-8-3-4-9-17(16)25-2)20-19(22)15-7-5-11-21(13-15)27(23,24)18-10-6-12-26-18/h3-4,6,8-10,12,14-15H,5,7,11,13H2,1-2H3,(H,20,22)/t14-,15-/m1/s1. The highest BCUT2D eigenvalue weighted by atomic mass is 32.2. The molecule has 0 spiro atoms. The minimum Gasteiger partial charge on any atom is -0.496 e. The molecule has 0 bridgehead atoms. The highest BCUT2D eigenvalue weighted by molar-refractivity contribution is 7.91. The van der Waals surface area contributed by atoms with Crippen LogP contribution < -0.4 is 10.1 Å². The lowest BCUT2D eigenvalue weighted by Crippen LogP contribution is -2.45. The number of thiophene rings is 1. The van der Waals surface area contributed by atoms with Crippen LogP contribution in [-0.4, -0.2) is 38.8 Å². The third-order valence-electron chi connectivity index (χ3n) is 4.81. The number of carbonyl (C=O) groups excluding carboxylic acids is 1. The van der Waals surface area contributed by atoms with Crippen molar-refractivity contribution in [1.29, 1.82) is 0 Å². The number of rotatable bonds is 6. The summed E-state index contributed by atoms with van der Waals surface area (Å²) in [5, 5.41) is 4.76. The van der Waals surface area contributed by atoms with Gasteiger partial charge in [0.1, 0.15) is 9.96 Å². The molecule has 0 unspecified atom stereocenters. The van der Waals surface area contributed by atoms with Crippen molar-refractivity contribution < 1.29 is 17.9 Å². The van der Waals surface area contributed by atoms with Crippen molar-refractivity contribution in [2.75, 3.05) is 20.2 Å². The van der Waals surface area contributed by atoms with Gasteiger partial charge in [-0.3, -0.25) is 4.79 Å². The lowest BCUT2D eigenvalue weighted by molar-refractivity contribution is -0.126. The maximum atomic E-state index is 12.8. The second-order valence-electron chi connectivity index (χ2n) is 6.61. The van der Waals surface area contributed by atoms with Gasteiger partial charge in [-0.05, 0) is 37.3 Å². The van der Waals surface area contributed by atoms with Crippen molar-refractivity contribution in [3.05, 3.63) is 47.3 Å². The molecule has 1 saturated heterocycles. The SMILES string of the molecule is COc1ccccc1[C@@H](C)NC(=O)[C@@H]1CCCN(S(=O)(=O)c2cccs2)C1. The van der Waals surface area contributed by atoms with E-state index in [-0.39, 0.29) is 24.4 Å². The predicted octanol–water partition coefficient (Wildman–Crippen LogP) is 3.03. The van der Waals surface area contributed by atoms with Crippen molar-refractivity contribution in [3.63, 3.8) is 0 Å². The zero-order valence-corrected chi connectivity index (χ0v) is 17.1. The number of hydrogen-bond acceptors (Lipinski definition) is 5. The monoisotopic (exact) mass is 408 g/mol. The smallest absolute Gasteiger partial charge is 0.252 e. The molecule has 8 heteroatoms. The molecule has 0 aliphatic carbocycles. The molecule has 0 saturated carbocycles. The summed E-state index contributed by atoms with van der Waals surface area (Å²) in [7, 11) is -1.93. The summed E-state index contributed by atoms with van der Waals surface area (Å²) in [6, 6.07) is 10.7. The van der Waals surface area contributed by atoms with Gasteiger partial charge in [0.05, 0.1) is 19.1 Å². The summed E-state index contributed by atoms with van der Waals surface area (Å²) >= 11 is 1.20. The number of methoxy groups -OCH3 is 1. The van der Waals surface area contributed by atoms with Gasteiger partial charge in [0.25, 0.3) is 10.0 Å². The van der Waals surface area contributed by atoms with E-state index in [1.165, 1.54) is 15.6 Å². The fourth-order valence-electron chi connectivity index (χ4n) is 3.35. The van der Waals surface area contributed by atoms with Gasteiger partial charge < -0.3 is 10.1 Å². The number of benzene rings is 1. The topological polar surface area (TPSA) is 75.7 Å². The van der Waals surface area contributed by atoms with Gasteiger partial charge in [0.2, 0.25) is 5.91 Å². The Kier molecular flexibility index (Phi) is 6.18. The Balaban J connectivity index is 1.68. The van der Waals surface area contributed by atoms with E-state index < -0.39 is 10.0 Å². The molecular weight excluding hydrogens is 384 g/mol. The Hall–Kier alpha value is -1.90. The van der Waals surface area contributed by atoms with Crippen LogP contribution in [-0.2, 0) is 14.8 Å². The van der Waals surface area contributed by atoms with E-state index in [0.29, 0.717) is 23.6 Å². The summed E-state index contributed by atoms with van der Waals surface area (Å²) < 4.78 is 32.6. The molecule has 1 N–H and O–H groups in total. The number of nitrogens with one attached hydrogen (secondary N) is 1. The Morgan fingerprint density at radius 1 is 1.30 bits per heavy atom. The molecule has 1 aromatic carbocycles. The van der Waals surface area contributed by atoms with Gasteiger partial charge in [-0.25, -0.2) is 8.42 Å². The van der Waals surface area contributed by atoms with Gasteiger partial charge in [-0.15, -0.1) is 11.3 Å². The molecule has 27 heavy (non-hydrogen) atoms. The first-order valence-electron chi connectivity index (χ1n) is 8.90. The van der Waals surface area contributed by atoms with Crippen molar-refractivity contribution in [2.24, 2.45) is 5.92 Å². The highest BCUT2D eigenvalue weighted by Crippen LogP contribution is 2.28. The lowest BCUT2D eigenvalue weighted by Gasteiger charge is -2.31. The molecule has 146 valence electrons. The number of piperidine rings is 1. The number of carbonyl (C=O) groups is 1. The van der Waals surface area contributed by atoms with Crippen LogP contribution in [0.5, 0.6) is 5.75 Å². The van der Waals surface area contributed by atoms with E-state index in [2.05, 4.69) is 5.32 Å². The molecule has 0 radical (unpaired) electrons. The summed E-state index contributed by atoms with van der Waals surface area (Å²) in [5.74, 6) is 0.237. The lowest BCUT2D eigenvalue weighted by atomic mass is 9.97. The maximum absolute atomic E-state index is 12.8. The van der Waals surface area contributed by atoms with Gasteiger partial charge in [-0.2, -0.15) is 4.31 Å². The minimum absolute atomic E-state index is 0.125. The normalized spacial score (nSPS) is 19.4.